The van der Waals surface area contributed by atoms with Crippen molar-refractivity contribution in [2.24, 2.45) is 0 Å². The van der Waals surface area contributed by atoms with Crippen LogP contribution >= 0.6 is 11.6 Å². The SMILES string of the molecule is CC1(c2ccc([N+](=O)[O-])cc2)Nc2c(Cl)ncnc2N2CCc3cccc1c32. The number of nitrogens with zero attached hydrogens (tertiary/aromatic N) is 4. The minimum Gasteiger partial charge on any atom is -0.366 e. The molecule has 0 fully saturated rings. The number of para-hydroxylation sites is 1. The molecule has 0 spiro atoms. The van der Waals surface area contributed by atoms with E-state index >= 15 is 0 Å². The second-order valence-corrected chi connectivity index (χ2v) is 7.49. The fourth-order valence-corrected chi connectivity index (χ4v) is 4.38. The number of hydrogen-bond acceptors (Lipinski definition) is 6. The molecule has 8 heteroatoms. The second-order valence-electron chi connectivity index (χ2n) is 7.13. The highest BCUT2D eigenvalue weighted by molar-refractivity contribution is 6.32. The lowest BCUT2D eigenvalue weighted by atomic mass is 9.82. The van der Waals surface area contributed by atoms with Crippen molar-refractivity contribution < 1.29 is 4.92 Å². The normalized spacial score (nSPS) is 19.4. The van der Waals surface area contributed by atoms with Crippen LogP contribution in [0.4, 0.5) is 22.9 Å². The van der Waals surface area contributed by atoms with E-state index in [0.29, 0.717) is 10.8 Å². The van der Waals surface area contributed by atoms with E-state index in [1.165, 1.54) is 24.0 Å². The van der Waals surface area contributed by atoms with Crippen LogP contribution in [-0.2, 0) is 12.0 Å². The number of hydrogen-bond donors (Lipinski definition) is 1. The van der Waals surface area contributed by atoms with E-state index in [1.54, 1.807) is 12.1 Å². The summed E-state index contributed by atoms with van der Waals surface area (Å²) in [5.41, 5.74) is 4.38. The van der Waals surface area contributed by atoms with Crippen LogP contribution in [-0.4, -0.2) is 21.4 Å². The van der Waals surface area contributed by atoms with Gasteiger partial charge in [0.05, 0.1) is 16.1 Å². The molecule has 0 saturated carbocycles. The largest absolute Gasteiger partial charge is 0.366 e. The van der Waals surface area contributed by atoms with E-state index in [-0.39, 0.29) is 5.69 Å². The van der Waals surface area contributed by atoms with Crippen LogP contribution in [0.1, 0.15) is 23.6 Å². The summed E-state index contributed by atoms with van der Waals surface area (Å²) in [5.74, 6) is 0.747. The van der Waals surface area contributed by atoms with Crippen LogP contribution in [0.25, 0.3) is 0 Å². The van der Waals surface area contributed by atoms with Crippen LogP contribution in [0.3, 0.4) is 0 Å². The fourth-order valence-electron chi connectivity index (χ4n) is 4.20. The third kappa shape index (κ3) is 2.29. The molecule has 5 rings (SSSR count). The zero-order valence-corrected chi connectivity index (χ0v) is 15.8. The maximum Gasteiger partial charge on any atom is 0.269 e. The van der Waals surface area contributed by atoms with Gasteiger partial charge in [0.15, 0.2) is 11.0 Å². The Hall–Kier alpha value is -3.19. The van der Waals surface area contributed by atoms with Crippen LogP contribution < -0.4 is 10.2 Å². The quantitative estimate of drug-likeness (QED) is 0.394. The summed E-state index contributed by atoms with van der Waals surface area (Å²) in [6.45, 7) is 2.86. The molecule has 0 saturated heterocycles. The summed E-state index contributed by atoms with van der Waals surface area (Å²) in [7, 11) is 0. The van der Waals surface area contributed by atoms with Crippen molar-refractivity contribution in [3.8, 4) is 0 Å². The van der Waals surface area contributed by atoms with Gasteiger partial charge in [-0.15, -0.1) is 0 Å². The van der Waals surface area contributed by atoms with Gasteiger partial charge in [-0.3, -0.25) is 10.1 Å². The molecule has 2 aliphatic rings. The topological polar surface area (TPSA) is 84.2 Å². The first-order valence-electron chi connectivity index (χ1n) is 8.92. The predicted molar refractivity (Wildman–Crippen MR) is 107 cm³/mol. The van der Waals surface area contributed by atoms with E-state index in [9.17, 15) is 10.1 Å². The first kappa shape index (κ1) is 16.9. The van der Waals surface area contributed by atoms with Crippen molar-refractivity contribution in [1.82, 2.24) is 9.97 Å². The summed E-state index contributed by atoms with van der Waals surface area (Å²) in [4.78, 5) is 21.5. The fraction of sp³-hybridized carbons (Fsp3) is 0.200. The van der Waals surface area contributed by atoms with Crippen LogP contribution in [0.5, 0.6) is 0 Å². The van der Waals surface area contributed by atoms with Crippen LogP contribution in [0, 0.1) is 10.1 Å². The van der Waals surface area contributed by atoms with Gasteiger partial charge in [0.1, 0.15) is 12.0 Å². The summed E-state index contributed by atoms with van der Waals surface area (Å²) in [6, 6.07) is 12.9. The Morgan fingerprint density at radius 1 is 1.21 bits per heavy atom. The predicted octanol–water partition coefficient (Wildman–Crippen LogP) is 4.42. The van der Waals surface area contributed by atoms with Crippen LogP contribution in [0.15, 0.2) is 48.8 Å². The van der Waals surface area contributed by atoms with Crippen molar-refractivity contribution >= 4 is 34.5 Å². The summed E-state index contributed by atoms with van der Waals surface area (Å²) >= 11 is 6.45. The average Bonchev–Trinajstić information content (AvgIpc) is 3.08. The van der Waals surface area contributed by atoms with Gasteiger partial charge in [-0.25, -0.2) is 9.97 Å². The van der Waals surface area contributed by atoms with E-state index in [1.807, 2.05) is 6.07 Å². The van der Waals surface area contributed by atoms with E-state index in [0.717, 1.165) is 35.6 Å². The maximum absolute atomic E-state index is 11.1. The van der Waals surface area contributed by atoms with Gasteiger partial charge in [0.25, 0.3) is 5.69 Å². The summed E-state index contributed by atoms with van der Waals surface area (Å²) < 4.78 is 0. The number of benzene rings is 2. The second kappa shape index (κ2) is 5.90. The highest BCUT2D eigenvalue weighted by atomic mass is 35.5. The number of rotatable bonds is 2. The first-order valence-corrected chi connectivity index (χ1v) is 9.30. The number of nitro benzene ring substituents is 1. The zero-order valence-electron chi connectivity index (χ0n) is 15.0. The number of aromatic nitrogens is 2. The molecule has 1 aromatic heterocycles. The molecular formula is C20H16ClN5O2. The highest BCUT2D eigenvalue weighted by Gasteiger charge is 2.41. The lowest BCUT2D eigenvalue weighted by molar-refractivity contribution is -0.384. The van der Waals surface area contributed by atoms with Crippen molar-refractivity contribution in [3.05, 3.63) is 80.7 Å². The number of non-ortho nitro benzene ring substituents is 1. The number of nitro groups is 1. The van der Waals surface area contributed by atoms with Crippen LogP contribution in [0.2, 0.25) is 5.15 Å². The molecule has 3 aromatic rings. The first-order chi connectivity index (χ1) is 13.5. The lowest BCUT2D eigenvalue weighted by Gasteiger charge is -2.33. The lowest BCUT2D eigenvalue weighted by Crippen LogP contribution is -2.33. The Bertz CT molecular complexity index is 1120. The van der Waals surface area contributed by atoms with Crippen molar-refractivity contribution in [2.45, 2.75) is 18.9 Å². The van der Waals surface area contributed by atoms with Gasteiger partial charge < -0.3 is 10.2 Å². The number of halogens is 1. The molecule has 0 bridgehead atoms. The van der Waals surface area contributed by atoms with Crippen molar-refractivity contribution in [2.75, 3.05) is 16.8 Å². The van der Waals surface area contributed by atoms with Gasteiger partial charge in [0.2, 0.25) is 0 Å². The Labute approximate surface area is 166 Å². The molecule has 2 aliphatic heterocycles. The minimum absolute atomic E-state index is 0.0580. The molecule has 1 atom stereocenters. The molecule has 140 valence electrons. The maximum atomic E-state index is 11.1. The molecule has 2 aromatic carbocycles. The standard InChI is InChI=1S/C20H16ClN5O2/c1-20(13-5-7-14(8-6-13)26(27)28)15-4-2-3-12-9-10-25(17(12)15)19-16(24-20)18(21)22-11-23-19/h2-8,11,24H,9-10H2,1H3. The Kier molecular flexibility index (Phi) is 3.57. The Balaban J connectivity index is 1.78. The number of fused-ring (bicyclic) bond motifs is 2. The van der Waals surface area contributed by atoms with Gasteiger partial charge >= 0.3 is 0 Å². The summed E-state index contributed by atoms with van der Waals surface area (Å²) in [6.07, 6.45) is 2.39. The van der Waals surface area contributed by atoms with Crippen molar-refractivity contribution in [3.63, 3.8) is 0 Å². The van der Waals surface area contributed by atoms with Gasteiger partial charge in [-0.1, -0.05) is 29.8 Å². The molecule has 28 heavy (non-hydrogen) atoms. The van der Waals surface area contributed by atoms with Gasteiger partial charge in [-0.05, 0) is 36.6 Å². The summed E-state index contributed by atoms with van der Waals surface area (Å²) in [5, 5.41) is 15.0. The zero-order chi connectivity index (χ0) is 19.5. The molecular weight excluding hydrogens is 378 g/mol. The molecule has 0 aliphatic carbocycles. The molecule has 7 nitrogen and oxygen atoms in total. The highest BCUT2D eigenvalue weighted by Crippen LogP contribution is 2.50. The number of nitrogens with one attached hydrogen (secondary N) is 1. The van der Waals surface area contributed by atoms with Gasteiger partial charge in [-0.2, -0.15) is 0 Å². The monoisotopic (exact) mass is 393 g/mol. The third-order valence-corrected chi connectivity index (χ3v) is 5.89. The number of anilines is 3. The molecule has 1 unspecified atom stereocenters. The average molecular weight is 394 g/mol. The third-order valence-electron chi connectivity index (χ3n) is 5.60. The molecule has 0 radical (unpaired) electrons. The Morgan fingerprint density at radius 2 is 2.00 bits per heavy atom. The Morgan fingerprint density at radius 3 is 2.75 bits per heavy atom. The molecule has 0 amide bonds. The van der Waals surface area contributed by atoms with E-state index in [2.05, 4.69) is 39.2 Å². The molecule has 3 heterocycles. The van der Waals surface area contributed by atoms with E-state index < -0.39 is 10.5 Å². The van der Waals surface area contributed by atoms with Gasteiger partial charge in [0, 0.05) is 24.2 Å². The molecule has 1 N–H and O–H groups in total. The van der Waals surface area contributed by atoms with Crippen molar-refractivity contribution in [1.29, 1.82) is 0 Å². The minimum atomic E-state index is -0.664. The van der Waals surface area contributed by atoms with E-state index in [4.69, 9.17) is 11.6 Å². The smallest absolute Gasteiger partial charge is 0.269 e.